The molecule has 0 amide bonds. The SMILES string of the molecule is Cc1c(CNCC2CCCCN2C(C)C)cnn1C. The molecule has 108 valence electrons. The van der Waals surface area contributed by atoms with Crippen molar-refractivity contribution in [2.45, 2.75) is 58.7 Å². The lowest BCUT2D eigenvalue weighted by molar-refractivity contribution is 0.110. The van der Waals surface area contributed by atoms with Crippen molar-refractivity contribution in [3.8, 4) is 0 Å². The molecule has 1 unspecified atom stereocenters. The van der Waals surface area contributed by atoms with Crippen molar-refractivity contribution in [1.82, 2.24) is 20.0 Å². The molecule has 1 fully saturated rings. The first kappa shape index (κ1) is 14.5. The third-order valence-electron chi connectivity index (χ3n) is 4.37. The van der Waals surface area contributed by atoms with Crippen LogP contribution < -0.4 is 5.32 Å². The molecule has 2 heterocycles. The Morgan fingerprint density at radius 3 is 2.84 bits per heavy atom. The maximum Gasteiger partial charge on any atom is 0.0537 e. The molecule has 4 heteroatoms. The minimum absolute atomic E-state index is 0.659. The molecule has 4 nitrogen and oxygen atoms in total. The predicted molar refractivity (Wildman–Crippen MR) is 79.1 cm³/mol. The molecule has 1 N–H and O–H groups in total. The van der Waals surface area contributed by atoms with E-state index in [1.807, 2.05) is 17.9 Å². The Morgan fingerprint density at radius 1 is 1.42 bits per heavy atom. The van der Waals surface area contributed by atoms with Gasteiger partial charge < -0.3 is 5.32 Å². The van der Waals surface area contributed by atoms with Crippen LogP contribution in [0.1, 0.15) is 44.4 Å². The van der Waals surface area contributed by atoms with E-state index in [0.29, 0.717) is 12.1 Å². The van der Waals surface area contributed by atoms with Crippen molar-refractivity contribution in [2.24, 2.45) is 7.05 Å². The minimum atomic E-state index is 0.659. The van der Waals surface area contributed by atoms with Crippen LogP contribution in [-0.4, -0.2) is 39.9 Å². The molecule has 0 bridgehead atoms. The molecule has 1 aromatic heterocycles. The Balaban J connectivity index is 1.82. The second-order valence-electron chi connectivity index (χ2n) is 5.99. The molecular weight excluding hydrogens is 236 g/mol. The number of aryl methyl sites for hydroxylation is 1. The summed E-state index contributed by atoms with van der Waals surface area (Å²) in [4.78, 5) is 2.65. The van der Waals surface area contributed by atoms with Gasteiger partial charge in [-0.2, -0.15) is 5.10 Å². The number of nitrogens with one attached hydrogen (secondary N) is 1. The third kappa shape index (κ3) is 3.57. The van der Waals surface area contributed by atoms with Gasteiger partial charge in [-0.05, 0) is 40.2 Å². The zero-order valence-electron chi connectivity index (χ0n) is 12.8. The van der Waals surface area contributed by atoms with E-state index in [1.165, 1.54) is 37.1 Å². The van der Waals surface area contributed by atoms with Crippen LogP contribution in [-0.2, 0) is 13.6 Å². The third-order valence-corrected chi connectivity index (χ3v) is 4.37. The number of rotatable bonds is 5. The van der Waals surface area contributed by atoms with E-state index in [2.05, 4.69) is 36.1 Å². The summed E-state index contributed by atoms with van der Waals surface area (Å²) in [5.74, 6) is 0. The van der Waals surface area contributed by atoms with E-state index in [-0.39, 0.29) is 0 Å². The molecule has 1 aliphatic rings. The molecule has 1 aliphatic heterocycles. The summed E-state index contributed by atoms with van der Waals surface area (Å²) < 4.78 is 1.94. The summed E-state index contributed by atoms with van der Waals surface area (Å²) in [6.07, 6.45) is 6.04. The standard InChI is InChI=1S/C15H28N4/c1-12(2)19-8-6-5-7-15(19)11-16-9-14-10-17-18(4)13(14)3/h10,12,15-16H,5-9,11H2,1-4H3. The van der Waals surface area contributed by atoms with Gasteiger partial charge in [-0.3, -0.25) is 9.58 Å². The van der Waals surface area contributed by atoms with Gasteiger partial charge >= 0.3 is 0 Å². The van der Waals surface area contributed by atoms with Crippen LogP contribution in [0.2, 0.25) is 0 Å². The van der Waals surface area contributed by atoms with Gasteiger partial charge in [0, 0.05) is 43.5 Å². The lowest BCUT2D eigenvalue weighted by Crippen LogP contribution is -2.48. The van der Waals surface area contributed by atoms with Gasteiger partial charge in [-0.15, -0.1) is 0 Å². The molecule has 1 saturated heterocycles. The van der Waals surface area contributed by atoms with Crippen molar-refractivity contribution in [2.75, 3.05) is 13.1 Å². The average molecular weight is 264 g/mol. The Bertz CT molecular complexity index is 397. The second-order valence-corrected chi connectivity index (χ2v) is 5.99. The zero-order chi connectivity index (χ0) is 13.8. The van der Waals surface area contributed by atoms with E-state index in [1.54, 1.807) is 0 Å². The van der Waals surface area contributed by atoms with Crippen molar-refractivity contribution < 1.29 is 0 Å². The van der Waals surface area contributed by atoms with Gasteiger partial charge in [-0.25, -0.2) is 0 Å². The first-order valence-electron chi connectivity index (χ1n) is 7.53. The molecule has 1 atom stereocenters. The first-order valence-corrected chi connectivity index (χ1v) is 7.53. The van der Waals surface area contributed by atoms with Gasteiger partial charge in [0.1, 0.15) is 0 Å². The summed E-state index contributed by atoms with van der Waals surface area (Å²) in [7, 11) is 2.00. The normalized spacial score (nSPS) is 21.2. The van der Waals surface area contributed by atoms with Gasteiger partial charge in [0.15, 0.2) is 0 Å². The molecule has 0 aromatic carbocycles. The van der Waals surface area contributed by atoms with Crippen LogP contribution in [0.15, 0.2) is 6.20 Å². The van der Waals surface area contributed by atoms with Gasteiger partial charge in [0.25, 0.3) is 0 Å². The predicted octanol–water partition coefficient (Wildman–Crippen LogP) is 2.08. The fourth-order valence-electron chi connectivity index (χ4n) is 3.01. The van der Waals surface area contributed by atoms with Crippen molar-refractivity contribution in [3.05, 3.63) is 17.5 Å². The topological polar surface area (TPSA) is 33.1 Å². The van der Waals surface area contributed by atoms with Crippen LogP contribution in [0, 0.1) is 6.92 Å². The van der Waals surface area contributed by atoms with Crippen molar-refractivity contribution in [1.29, 1.82) is 0 Å². The number of likely N-dealkylation sites (tertiary alicyclic amines) is 1. The highest BCUT2D eigenvalue weighted by Crippen LogP contribution is 2.19. The fourth-order valence-corrected chi connectivity index (χ4v) is 3.01. The number of hydrogen-bond acceptors (Lipinski definition) is 3. The number of aromatic nitrogens is 2. The Labute approximate surface area is 117 Å². The summed E-state index contributed by atoms with van der Waals surface area (Å²) in [5.41, 5.74) is 2.58. The molecule has 0 radical (unpaired) electrons. The Morgan fingerprint density at radius 2 is 2.21 bits per heavy atom. The molecular formula is C15H28N4. The van der Waals surface area contributed by atoms with E-state index < -0.39 is 0 Å². The van der Waals surface area contributed by atoms with Crippen molar-refractivity contribution in [3.63, 3.8) is 0 Å². The van der Waals surface area contributed by atoms with E-state index in [0.717, 1.165) is 13.1 Å². The second kappa shape index (κ2) is 6.53. The smallest absolute Gasteiger partial charge is 0.0537 e. The van der Waals surface area contributed by atoms with E-state index >= 15 is 0 Å². The van der Waals surface area contributed by atoms with Crippen LogP contribution in [0.3, 0.4) is 0 Å². The van der Waals surface area contributed by atoms with E-state index in [9.17, 15) is 0 Å². The monoisotopic (exact) mass is 264 g/mol. The number of piperidine rings is 1. The lowest BCUT2D eigenvalue weighted by atomic mass is 10.0. The summed E-state index contributed by atoms with van der Waals surface area (Å²) in [6.45, 7) is 10.0. The van der Waals surface area contributed by atoms with Gasteiger partial charge in [0.2, 0.25) is 0 Å². The summed E-state index contributed by atoms with van der Waals surface area (Å²) in [5, 5.41) is 7.91. The molecule has 0 spiro atoms. The summed E-state index contributed by atoms with van der Waals surface area (Å²) in [6, 6.07) is 1.36. The quantitative estimate of drug-likeness (QED) is 0.884. The maximum atomic E-state index is 4.29. The number of nitrogens with zero attached hydrogens (tertiary/aromatic N) is 3. The maximum absolute atomic E-state index is 4.29. The highest BCUT2D eigenvalue weighted by molar-refractivity contribution is 5.15. The lowest BCUT2D eigenvalue weighted by Gasteiger charge is -2.38. The van der Waals surface area contributed by atoms with Gasteiger partial charge in [0.05, 0.1) is 6.20 Å². The molecule has 2 rings (SSSR count). The number of hydrogen-bond donors (Lipinski definition) is 1. The van der Waals surface area contributed by atoms with Gasteiger partial charge in [-0.1, -0.05) is 6.42 Å². The molecule has 0 saturated carbocycles. The highest BCUT2D eigenvalue weighted by atomic mass is 15.3. The average Bonchev–Trinajstić information content (AvgIpc) is 2.71. The van der Waals surface area contributed by atoms with E-state index in [4.69, 9.17) is 0 Å². The fraction of sp³-hybridized carbons (Fsp3) is 0.800. The molecule has 1 aromatic rings. The van der Waals surface area contributed by atoms with Crippen LogP contribution in [0.4, 0.5) is 0 Å². The highest BCUT2D eigenvalue weighted by Gasteiger charge is 2.23. The van der Waals surface area contributed by atoms with Crippen LogP contribution >= 0.6 is 0 Å². The zero-order valence-corrected chi connectivity index (χ0v) is 12.8. The first-order chi connectivity index (χ1) is 9.09. The molecule has 19 heavy (non-hydrogen) atoms. The Hall–Kier alpha value is -0.870. The summed E-state index contributed by atoms with van der Waals surface area (Å²) >= 11 is 0. The largest absolute Gasteiger partial charge is 0.311 e. The Kier molecular flexibility index (Phi) is 4.99. The molecule has 0 aliphatic carbocycles. The van der Waals surface area contributed by atoms with Crippen LogP contribution in [0.5, 0.6) is 0 Å². The van der Waals surface area contributed by atoms with Crippen molar-refractivity contribution >= 4 is 0 Å². The minimum Gasteiger partial charge on any atom is -0.311 e. The van der Waals surface area contributed by atoms with Crippen LogP contribution in [0.25, 0.3) is 0 Å².